The maximum absolute atomic E-state index is 13.2. The van der Waals surface area contributed by atoms with Crippen molar-refractivity contribution in [2.24, 2.45) is 11.1 Å². The molecule has 0 aliphatic rings. The Bertz CT molecular complexity index is 2100. The van der Waals surface area contributed by atoms with Crippen molar-refractivity contribution in [3.8, 4) is 11.5 Å². The molecule has 5 aromatic rings. The first-order valence-electron chi connectivity index (χ1n) is 20.3. The van der Waals surface area contributed by atoms with Crippen LogP contribution in [-0.2, 0) is 65.7 Å². The molecular weight excluding hydrogens is 787 g/mol. The Kier molecular flexibility index (Phi) is 20.4. The molecule has 0 radical (unpaired) electrons. The molecule has 330 valence electrons. The van der Waals surface area contributed by atoms with Crippen molar-refractivity contribution in [3.05, 3.63) is 167 Å². The summed E-state index contributed by atoms with van der Waals surface area (Å²) in [6.45, 7) is 8.59. The van der Waals surface area contributed by atoms with Gasteiger partial charge in [-0.2, -0.15) is 0 Å². The molecule has 12 nitrogen and oxygen atoms in total. The predicted molar refractivity (Wildman–Crippen MR) is 240 cm³/mol. The molecule has 0 aromatic heterocycles. The molecule has 0 unspecified atom stereocenters. The smallest absolute Gasteiger partial charge is 0.328 e. The number of rotatable bonds is 15. The van der Waals surface area contributed by atoms with Crippen LogP contribution in [0, 0.1) is 12.3 Å². The van der Waals surface area contributed by atoms with E-state index in [0.29, 0.717) is 32.4 Å². The molecule has 0 saturated heterocycles. The Morgan fingerprint density at radius 3 is 1.48 bits per heavy atom. The van der Waals surface area contributed by atoms with Crippen molar-refractivity contribution in [2.75, 3.05) is 21.3 Å². The van der Waals surface area contributed by atoms with Gasteiger partial charge in [-0.1, -0.05) is 136 Å². The third-order valence-corrected chi connectivity index (χ3v) is 9.65. The highest BCUT2D eigenvalue weighted by atomic mass is 16.5. The molecule has 12 heteroatoms. The van der Waals surface area contributed by atoms with Gasteiger partial charge in [-0.15, -0.1) is 0 Å². The van der Waals surface area contributed by atoms with Crippen LogP contribution < -0.4 is 11.1 Å². The fraction of sp³-hybridized carbons (Fsp3) is 0.320. The van der Waals surface area contributed by atoms with E-state index in [1.54, 1.807) is 53.4 Å². The number of ether oxygens (including phenoxy) is 3. The Labute approximate surface area is 365 Å². The molecule has 1 amide bonds. The van der Waals surface area contributed by atoms with Gasteiger partial charge in [0.05, 0.1) is 21.3 Å². The first-order valence-corrected chi connectivity index (χ1v) is 20.3. The SMILES string of the molecule is COC(=O)[C@@H](N)Cc1ccc(O)cc1.COC(=O)[C@H](Cc1ccc(C)cc1)N(Cc1ccccc1)C(=O)C(C)(C)C.COC(=O)[C@H](Cc1ccc(O)cc1)NCc1ccccc1. The Hall–Kier alpha value is -6.50. The molecule has 0 saturated carbocycles. The monoisotopic (exact) mass is 847 g/mol. The zero-order valence-electron chi connectivity index (χ0n) is 36.7. The van der Waals surface area contributed by atoms with E-state index in [-0.39, 0.29) is 23.4 Å². The summed E-state index contributed by atoms with van der Waals surface area (Å²) in [6, 6.07) is 39.3. The molecule has 3 atom stereocenters. The summed E-state index contributed by atoms with van der Waals surface area (Å²) in [7, 11) is 4.06. The second kappa shape index (κ2) is 25.3. The highest BCUT2D eigenvalue weighted by Gasteiger charge is 2.36. The quantitative estimate of drug-likeness (QED) is 0.0640. The fourth-order valence-corrected chi connectivity index (χ4v) is 6.15. The largest absolute Gasteiger partial charge is 0.508 e. The molecule has 0 aliphatic carbocycles. The summed E-state index contributed by atoms with van der Waals surface area (Å²) >= 11 is 0. The lowest BCUT2D eigenvalue weighted by Gasteiger charge is -2.35. The maximum Gasteiger partial charge on any atom is 0.328 e. The molecule has 5 rings (SSSR count). The van der Waals surface area contributed by atoms with E-state index in [4.69, 9.17) is 20.3 Å². The molecule has 5 N–H and O–H groups in total. The number of carbonyl (C=O) groups excluding carboxylic acids is 4. The van der Waals surface area contributed by atoms with Crippen molar-refractivity contribution < 1.29 is 43.6 Å². The van der Waals surface area contributed by atoms with Gasteiger partial charge < -0.3 is 40.4 Å². The van der Waals surface area contributed by atoms with Gasteiger partial charge in [0, 0.05) is 24.9 Å². The van der Waals surface area contributed by atoms with Crippen LogP contribution in [0.2, 0.25) is 0 Å². The fourth-order valence-electron chi connectivity index (χ4n) is 6.15. The predicted octanol–water partition coefficient (Wildman–Crippen LogP) is 6.86. The van der Waals surface area contributed by atoms with Crippen molar-refractivity contribution >= 4 is 23.8 Å². The van der Waals surface area contributed by atoms with Crippen LogP contribution in [0.15, 0.2) is 133 Å². The molecule has 62 heavy (non-hydrogen) atoms. The van der Waals surface area contributed by atoms with Gasteiger partial charge in [-0.05, 0) is 71.8 Å². The number of hydrogen-bond donors (Lipinski definition) is 4. The van der Waals surface area contributed by atoms with Crippen LogP contribution in [0.4, 0.5) is 0 Å². The van der Waals surface area contributed by atoms with Crippen molar-refractivity contribution in [2.45, 2.75) is 78.2 Å². The number of aromatic hydroxyl groups is 2. The topological polar surface area (TPSA) is 178 Å². The summed E-state index contributed by atoms with van der Waals surface area (Å²) in [5, 5.41) is 21.5. The number of nitrogens with zero attached hydrogens (tertiary/aromatic N) is 1. The molecular formula is C50H61N3O9. The number of benzene rings is 5. The van der Waals surface area contributed by atoms with E-state index in [1.807, 2.05) is 113 Å². The Morgan fingerprint density at radius 1 is 0.581 bits per heavy atom. The number of hydrogen-bond acceptors (Lipinski definition) is 11. The lowest BCUT2D eigenvalue weighted by molar-refractivity contribution is -0.156. The van der Waals surface area contributed by atoms with Crippen LogP contribution in [-0.4, -0.2) is 78.4 Å². The van der Waals surface area contributed by atoms with Crippen LogP contribution in [0.25, 0.3) is 0 Å². The van der Waals surface area contributed by atoms with Crippen molar-refractivity contribution in [1.82, 2.24) is 10.2 Å². The zero-order valence-corrected chi connectivity index (χ0v) is 36.7. The average molecular weight is 848 g/mol. The van der Waals surface area contributed by atoms with Gasteiger partial charge in [0.15, 0.2) is 0 Å². The average Bonchev–Trinajstić information content (AvgIpc) is 3.28. The number of nitrogens with one attached hydrogen (secondary N) is 1. The van der Waals surface area contributed by atoms with E-state index >= 15 is 0 Å². The minimum absolute atomic E-state index is 0.0751. The van der Waals surface area contributed by atoms with E-state index < -0.39 is 35.5 Å². The van der Waals surface area contributed by atoms with Gasteiger partial charge in [0.25, 0.3) is 0 Å². The van der Waals surface area contributed by atoms with Crippen molar-refractivity contribution in [1.29, 1.82) is 0 Å². The summed E-state index contributed by atoms with van der Waals surface area (Å²) in [4.78, 5) is 50.3. The van der Waals surface area contributed by atoms with E-state index in [2.05, 4.69) is 10.1 Å². The number of nitrogens with two attached hydrogens (primary N) is 1. The minimum atomic E-state index is -0.676. The number of phenols is 2. The number of phenolic OH excluding ortho intramolecular Hbond substituents is 2. The number of methoxy groups -OCH3 is 3. The molecule has 0 heterocycles. The third-order valence-electron chi connectivity index (χ3n) is 9.65. The van der Waals surface area contributed by atoms with Gasteiger partial charge in [-0.25, -0.2) is 4.79 Å². The standard InChI is InChI=1S/C23H29NO3.C17H19NO3.C10H13NO3/c1-17-11-13-18(14-12-17)15-20(21(25)27-5)24(22(26)23(2,3)4)16-19-9-7-6-8-10-19;1-21-17(20)16(11-13-7-9-15(19)10-8-13)18-12-14-5-3-2-4-6-14;1-14-10(13)9(11)6-7-2-4-8(12)5-3-7/h6-14,20H,15-16H2,1-5H3;2-10,16,18-19H,11-12H2,1H3;2-5,9,12H,6,11H2,1H3/t20-;16-;9-/m000/s1. The highest BCUT2D eigenvalue weighted by Crippen LogP contribution is 2.24. The first-order chi connectivity index (χ1) is 29.5. The summed E-state index contributed by atoms with van der Waals surface area (Å²) in [6.07, 6.45) is 1.34. The lowest BCUT2D eigenvalue weighted by atomic mass is 9.92. The summed E-state index contributed by atoms with van der Waals surface area (Å²) in [5.74, 6) is -0.791. The zero-order chi connectivity index (χ0) is 45.7. The number of aryl methyl sites for hydroxylation is 1. The summed E-state index contributed by atoms with van der Waals surface area (Å²) in [5.41, 5.74) is 11.0. The second-order valence-corrected chi connectivity index (χ2v) is 15.7. The van der Waals surface area contributed by atoms with E-state index in [0.717, 1.165) is 33.4 Å². The number of esters is 3. The molecule has 5 aromatic carbocycles. The minimum Gasteiger partial charge on any atom is -0.508 e. The van der Waals surface area contributed by atoms with Crippen LogP contribution >= 0.6 is 0 Å². The summed E-state index contributed by atoms with van der Waals surface area (Å²) < 4.78 is 14.4. The molecule has 0 fully saturated rings. The Morgan fingerprint density at radius 2 is 1.02 bits per heavy atom. The maximum atomic E-state index is 13.2. The molecule has 0 spiro atoms. The van der Waals surface area contributed by atoms with Crippen LogP contribution in [0.1, 0.15) is 54.2 Å². The van der Waals surface area contributed by atoms with Gasteiger partial charge >= 0.3 is 17.9 Å². The highest BCUT2D eigenvalue weighted by molar-refractivity contribution is 5.87. The second-order valence-electron chi connectivity index (χ2n) is 15.7. The van der Waals surface area contributed by atoms with E-state index in [9.17, 15) is 24.3 Å². The number of amides is 1. The van der Waals surface area contributed by atoms with Gasteiger partial charge in [0.2, 0.25) is 5.91 Å². The van der Waals surface area contributed by atoms with Crippen molar-refractivity contribution in [3.63, 3.8) is 0 Å². The first kappa shape index (κ1) is 49.9. The van der Waals surface area contributed by atoms with Crippen LogP contribution in [0.3, 0.4) is 0 Å². The number of carbonyl (C=O) groups is 4. The third kappa shape index (κ3) is 17.2. The molecule has 0 bridgehead atoms. The van der Waals surface area contributed by atoms with Gasteiger partial charge in [-0.3, -0.25) is 14.4 Å². The normalized spacial score (nSPS) is 12.1. The molecule has 0 aliphatic heterocycles. The van der Waals surface area contributed by atoms with Gasteiger partial charge in [0.1, 0.15) is 29.6 Å². The lowest BCUT2D eigenvalue weighted by Crippen LogP contribution is -2.50. The Balaban J connectivity index is 0.000000261. The van der Waals surface area contributed by atoms with Crippen LogP contribution in [0.5, 0.6) is 11.5 Å². The van der Waals surface area contributed by atoms with E-state index in [1.165, 1.54) is 21.3 Å².